The van der Waals surface area contributed by atoms with Gasteiger partial charge >= 0.3 is 0 Å². The minimum atomic E-state index is 0.193. The van der Waals surface area contributed by atoms with Gasteiger partial charge in [-0.1, -0.05) is 11.6 Å². The van der Waals surface area contributed by atoms with Crippen molar-refractivity contribution in [2.75, 3.05) is 13.1 Å². The Morgan fingerprint density at radius 2 is 2.31 bits per heavy atom. The average molecular weight is 222 g/mol. The van der Waals surface area contributed by atoms with Crippen LogP contribution in [0.2, 0.25) is 0 Å². The fraction of sp³-hybridized carbons (Fsp3) is 0.769. The maximum Gasteiger partial charge on any atom is 0.226 e. The highest BCUT2D eigenvalue weighted by molar-refractivity contribution is 5.78. The van der Waals surface area contributed by atoms with E-state index in [1.54, 1.807) is 0 Å². The number of rotatable bonds is 2. The molecule has 1 saturated heterocycles. The minimum Gasteiger partial charge on any atom is -0.341 e. The zero-order valence-electron chi connectivity index (χ0n) is 9.95. The number of nitrogens with zero attached hydrogens (tertiary/aromatic N) is 1. The van der Waals surface area contributed by atoms with Gasteiger partial charge in [-0.2, -0.15) is 0 Å². The predicted octanol–water partition coefficient (Wildman–Crippen LogP) is 1.83. The van der Waals surface area contributed by atoms with Crippen LogP contribution in [0.25, 0.3) is 0 Å². The number of hydrogen-bond acceptors (Lipinski definition) is 2. The molecule has 1 fully saturated rings. The molecule has 0 bridgehead atoms. The normalized spacial score (nSPS) is 26.4. The summed E-state index contributed by atoms with van der Waals surface area (Å²) in [6.45, 7) is 1.66. The van der Waals surface area contributed by atoms with Crippen LogP contribution in [0.15, 0.2) is 11.6 Å². The quantitative estimate of drug-likeness (QED) is 0.724. The Bertz CT molecular complexity index is 286. The number of allylic oxidation sites excluding steroid dienone is 1. The first-order chi connectivity index (χ1) is 7.75. The Kier molecular flexibility index (Phi) is 3.99. The number of carbonyl (C=O) groups excluding carboxylic acids is 1. The van der Waals surface area contributed by atoms with Gasteiger partial charge in [0.2, 0.25) is 5.91 Å². The highest BCUT2D eigenvalue weighted by atomic mass is 16.2. The first-order valence-corrected chi connectivity index (χ1v) is 6.47. The summed E-state index contributed by atoms with van der Waals surface area (Å²) in [4.78, 5) is 14.0. The molecule has 1 aliphatic heterocycles. The lowest BCUT2D eigenvalue weighted by Crippen LogP contribution is -2.45. The van der Waals surface area contributed by atoms with Crippen molar-refractivity contribution in [1.82, 2.24) is 4.90 Å². The zero-order valence-corrected chi connectivity index (χ0v) is 9.95. The maximum atomic E-state index is 12.0. The van der Waals surface area contributed by atoms with Crippen molar-refractivity contribution in [3.63, 3.8) is 0 Å². The van der Waals surface area contributed by atoms with E-state index in [0.29, 0.717) is 6.42 Å². The van der Waals surface area contributed by atoms with Gasteiger partial charge in [0, 0.05) is 25.6 Å². The monoisotopic (exact) mass is 222 g/mol. The lowest BCUT2D eigenvalue weighted by Gasteiger charge is -2.31. The summed E-state index contributed by atoms with van der Waals surface area (Å²) < 4.78 is 0. The fourth-order valence-corrected chi connectivity index (χ4v) is 2.61. The summed E-state index contributed by atoms with van der Waals surface area (Å²) in [6, 6.07) is 0.193. The molecule has 0 aromatic heterocycles. The van der Waals surface area contributed by atoms with Crippen LogP contribution in [0.3, 0.4) is 0 Å². The Labute approximate surface area is 97.7 Å². The van der Waals surface area contributed by atoms with Crippen molar-refractivity contribution < 1.29 is 4.79 Å². The number of likely N-dealkylation sites (tertiary alicyclic amines) is 1. The van der Waals surface area contributed by atoms with E-state index in [1.807, 2.05) is 4.90 Å². The second-order valence-corrected chi connectivity index (χ2v) is 5.03. The third kappa shape index (κ3) is 3.08. The topological polar surface area (TPSA) is 46.3 Å². The van der Waals surface area contributed by atoms with E-state index < -0.39 is 0 Å². The summed E-state index contributed by atoms with van der Waals surface area (Å²) in [5, 5.41) is 0. The fourth-order valence-electron chi connectivity index (χ4n) is 2.61. The van der Waals surface area contributed by atoms with Crippen LogP contribution in [0, 0.1) is 0 Å². The standard InChI is InChI=1S/C13H22N2O/c14-12-7-4-8-15(10-12)13(16)9-11-5-2-1-3-6-11/h5,12H,1-4,6-10,14H2/t12-/m1/s1. The van der Waals surface area contributed by atoms with Crippen molar-refractivity contribution in [2.45, 2.75) is 51.0 Å². The third-order valence-corrected chi connectivity index (χ3v) is 3.57. The molecule has 3 nitrogen and oxygen atoms in total. The summed E-state index contributed by atoms with van der Waals surface area (Å²) >= 11 is 0. The van der Waals surface area contributed by atoms with E-state index in [0.717, 1.165) is 38.8 Å². The van der Waals surface area contributed by atoms with Crippen LogP contribution in [0.5, 0.6) is 0 Å². The molecular formula is C13H22N2O. The van der Waals surface area contributed by atoms with Gasteiger partial charge in [0.25, 0.3) is 0 Å². The molecule has 0 saturated carbocycles. The van der Waals surface area contributed by atoms with Gasteiger partial charge in [-0.05, 0) is 38.5 Å². The Balaban J connectivity index is 1.84. The van der Waals surface area contributed by atoms with E-state index in [9.17, 15) is 4.79 Å². The van der Waals surface area contributed by atoms with Crippen LogP contribution >= 0.6 is 0 Å². The van der Waals surface area contributed by atoms with E-state index in [2.05, 4.69) is 6.08 Å². The molecule has 0 aromatic carbocycles. The molecule has 1 heterocycles. The van der Waals surface area contributed by atoms with Crippen molar-refractivity contribution in [1.29, 1.82) is 0 Å². The smallest absolute Gasteiger partial charge is 0.226 e. The molecule has 90 valence electrons. The highest BCUT2D eigenvalue weighted by Crippen LogP contribution is 2.21. The van der Waals surface area contributed by atoms with Gasteiger partial charge in [-0.25, -0.2) is 0 Å². The van der Waals surface area contributed by atoms with Crippen LogP contribution in [-0.4, -0.2) is 29.9 Å². The number of amides is 1. The molecule has 3 heteroatoms. The van der Waals surface area contributed by atoms with Gasteiger partial charge < -0.3 is 10.6 Å². The molecule has 1 atom stereocenters. The maximum absolute atomic E-state index is 12.0. The second-order valence-electron chi connectivity index (χ2n) is 5.03. The van der Waals surface area contributed by atoms with Gasteiger partial charge in [0.1, 0.15) is 0 Å². The third-order valence-electron chi connectivity index (χ3n) is 3.57. The van der Waals surface area contributed by atoms with Gasteiger partial charge in [-0.3, -0.25) is 4.79 Å². The molecule has 0 aromatic rings. The number of nitrogens with two attached hydrogens (primary N) is 1. The van der Waals surface area contributed by atoms with Crippen LogP contribution in [0.1, 0.15) is 44.9 Å². The van der Waals surface area contributed by atoms with Gasteiger partial charge in [-0.15, -0.1) is 0 Å². The number of piperidine rings is 1. The number of carbonyl (C=O) groups is 1. The Morgan fingerprint density at radius 3 is 3.00 bits per heavy atom. The molecular weight excluding hydrogens is 200 g/mol. The van der Waals surface area contributed by atoms with E-state index >= 15 is 0 Å². The lowest BCUT2D eigenvalue weighted by molar-refractivity contribution is -0.131. The van der Waals surface area contributed by atoms with Crippen molar-refractivity contribution in [3.8, 4) is 0 Å². The average Bonchev–Trinajstić information content (AvgIpc) is 2.30. The van der Waals surface area contributed by atoms with E-state index in [1.165, 1.54) is 18.4 Å². The van der Waals surface area contributed by atoms with E-state index in [-0.39, 0.29) is 11.9 Å². The lowest BCUT2D eigenvalue weighted by atomic mass is 9.96. The predicted molar refractivity (Wildman–Crippen MR) is 65.0 cm³/mol. The van der Waals surface area contributed by atoms with Crippen molar-refractivity contribution in [3.05, 3.63) is 11.6 Å². The molecule has 2 N–H and O–H groups in total. The summed E-state index contributed by atoms with van der Waals surface area (Å²) in [6.07, 6.45) is 9.81. The molecule has 0 spiro atoms. The minimum absolute atomic E-state index is 0.193. The van der Waals surface area contributed by atoms with Crippen molar-refractivity contribution in [2.24, 2.45) is 5.73 Å². The molecule has 1 amide bonds. The number of hydrogen-bond donors (Lipinski definition) is 1. The molecule has 1 aliphatic carbocycles. The summed E-state index contributed by atoms with van der Waals surface area (Å²) in [5.74, 6) is 0.281. The first-order valence-electron chi connectivity index (χ1n) is 6.47. The van der Waals surface area contributed by atoms with Crippen LogP contribution in [-0.2, 0) is 4.79 Å². The van der Waals surface area contributed by atoms with Gasteiger partial charge in [0.05, 0.1) is 0 Å². The molecule has 16 heavy (non-hydrogen) atoms. The molecule has 0 unspecified atom stereocenters. The second kappa shape index (κ2) is 5.48. The zero-order chi connectivity index (χ0) is 11.4. The Morgan fingerprint density at radius 1 is 1.44 bits per heavy atom. The summed E-state index contributed by atoms with van der Waals surface area (Å²) in [5.41, 5.74) is 7.23. The molecule has 2 rings (SSSR count). The first kappa shape index (κ1) is 11.6. The summed E-state index contributed by atoms with van der Waals surface area (Å²) in [7, 11) is 0. The van der Waals surface area contributed by atoms with E-state index in [4.69, 9.17) is 5.73 Å². The molecule has 2 aliphatic rings. The van der Waals surface area contributed by atoms with Gasteiger partial charge in [0.15, 0.2) is 0 Å². The largest absolute Gasteiger partial charge is 0.341 e. The SMILES string of the molecule is N[C@@H]1CCCN(C(=O)CC2=CCCCC2)C1. The highest BCUT2D eigenvalue weighted by Gasteiger charge is 2.21. The van der Waals surface area contributed by atoms with Crippen LogP contribution in [0.4, 0.5) is 0 Å². The molecule has 0 radical (unpaired) electrons. The van der Waals surface area contributed by atoms with Crippen LogP contribution < -0.4 is 5.73 Å². The Hall–Kier alpha value is -0.830. The van der Waals surface area contributed by atoms with Crippen molar-refractivity contribution >= 4 is 5.91 Å².